The first-order valence-corrected chi connectivity index (χ1v) is 16.3. The van der Waals surface area contributed by atoms with Crippen molar-refractivity contribution in [1.82, 2.24) is 14.5 Å². The van der Waals surface area contributed by atoms with Crippen molar-refractivity contribution < 1.29 is 4.42 Å². The minimum Gasteiger partial charge on any atom is -0.456 e. The molecule has 0 radical (unpaired) electrons. The molecule has 0 atom stereocenters. The minimum absolute atomic E-state index is 0.877. The molecule has 0 saturated heterocycles. The number of nitrogens with zero attached hydrogens (tertiary/aromatic N) is 3. The summed E-state index contributed by atoms with van der Waals surface area (Å²) in [5.74, 6) is 0. The Balaban J connectivity index is 1.27. The van der Waals surface area contributed by atoms with Gasteiger partial charge in [0.25, 0.3) is 0 Å². The number of hydrogen-bond donors (Lipinski definition) is 0. The van der Waals surface area contributed by atoms with E-state index in [1.54, 1.807) is 0 Å². The third-order valence-electron chi connectivity index (χ3n) is 9.94. The van der Waals surface area contributed by atoms with Crippen LogP contribution >= 0.6 is 0 Å². The first kappa shape index (κ1) is 25.6. The Morgan fingerprint density at radius 2 is 1.00 bits per heavy atom. The molecule has 0 amide bonds. The second kappa shape index (κ2) is 9.50. The standard InChI is InChI=1S/C44H25N3O/c1-2-10-28(11-3-1)43-44(46-33-18-5-4-17-32(33)45-43)31-16-8-15-30-29(31)14-9-19-34(30)47-35-24-22-26-12-6-20-37-39(26)41(35)42-36(47)25-23-27-13-7-21-38(48-37)40(27)42/h1-25H. The van der Waals surface area contributed by atoms with Gasteiger partial charge in [-0.15, -0.1) is 0 Å². The van der Waals surface area contributed by atoms with Crippen LogP contribution in [0.4, 0.5) is 0 Å². The molecule has 222 valence electrons. The van der Waals surface area contributed by atoms with Gasteiger partial charge in [-0.05, 0) is 58.6 Å². The van der Waals surface area contributed by atoms with Gasteiger partial charge < -0.3 is 8.98 Å². The van der Waals surface area contributed by atoms with Crippen LogP contribution < -0.4 is 0 Å². The number of rotatable bonds is 3. The Hall–Kier alpha value is -6.52. The number of benzene rings is 8. The highest BCUT2D eigenvalue weighted by molar-refractivity contribution is 6.33. The van der Waals surface area contributed by atoms with E-state index in [1.807, 2.05) is 30.3 Å². The molecule has 0 aliphatic rings. The van der Waals surface area contributed by atoms with Crippen LogP contribution in [-0.2, 0) is 0 Å². The SMILES string of the molecule is c1ccc(-c2nc3ccccc3nc2-c2cccc3c(-n4c5ccc6cccc7oc8cccc9ccc4c(c98)c5c67)cccc23)cc1. The summed E-state index contributed by atoms with van der Waals surface area (Å²) in [6.07, 6.45) is 0. The van der Waals surface area contributed by atoms with Gasteiger partial charge in [-0.25, -0.2) is 9.97 Å². The zero-order valence-electron chi connectivity index (χ0n) is 25.7. The lowest BCUT2D eigenvalue weighted by molar-refractivity contribution is 0.664. The van der Waals surface area contributed by atoms with Crippen LogP contribution in [-0.4, -0.2) is 14.5 Å². The van der Waals surface area contributed by atoms with E-state index in [-0.39, 0.29) is 0 Å². The summed E-state index contributed by atoms with van der Waals surface area (Å²) in [5, 5.41) is 9.40. The van der Waals surface area contributed by atoms with Gasteiger partial charge in [-0.2, -0.15) is 0 Å². The number of para-hydroxylation sites is 2. The molecule has 4 heteroatoms. The molecule has 0 unspecified atom stereocenters. The van der Waals surface area contributed by atoms with Gasteiger partial charge in [0.15, 0.2) is 0 Å². The normalized spacial score (nSPS) is 12.2. The molecule has 0 aliphatic heterocycles. The molecule has 0 spiro atoms. The Morgan fingerprint density at radius 1 is 0.417 bits per heavy atom. The molecule has 0 aliphatic carbocycles. The maximum absolute atomic E-state index is 6.65. The van der Waals surface area contributed by atoms with Crippen molar-refractivity contribution in [3.05, 3.63) is 152 Å². The topological polar surface area (TPSA) is 43.9 Å². The van der Waals surface area contributed by atoms with Gasteiger partial charge in [0, 0.05) is 38.1 Å². The zero-order chi connectivity index (χ0) is 31.3. The lowest BCUT2D eigenvalue weighted by Gasteiger charge is -2.16. The van der Waals surface area contributed by atoms with E-state index in [1.165, 1.54) is 21.5 Å². The molecule has 48 heavy (non-hydrogen) atoms. The van der Waals surface area contributed by atoms with Gasteiger partial charge in [0.1, 0.15) is 11.2 Å². The van der Waals surface area contributed by atoms with Crippen LogP contribution in [0.3, 0.4) is 0 Å². The Bertz CT molecular complexity index is 2960. The van der Waals surface area contributed by atoms with E-state index in [9.17, 15) is 0 Å². The molecular formula is C44H25N3O. The van der Waals surface area contributed by atoms with Crippen LogP contribution in [0.15, 0.2) is 156 Å². The summed E-state index contributed by atoms with van der Waals surface area (Å²) in [7, 11) is 0. The monoisotopic (exact) mass is 611 g/mol. The predicted molar refractivity (Wildman–Crippen MR) is 198 cm³/mol. The van der Waals surface area contributed by atoms with E-state index in [2.05, 4.69) is 126 Å². The van der Waals surface area contributed by atoms with Crippen LogP contribution in [0.1, 0.15) is 0 Å². The fourth-order valence-electron chi connectivity index (χ4n) is 7.91. The van der Waals surface area contributed by atoms with Gasteiger partial charge >= 0.3 is 0 Å². The van der Waals surface area contributed by atoms with Crippen LogP contribution in [0.5, 0.6) is 0 Å². The fourth-order valence-corrected chi connectivity index (χ4v) is 7.91. The van der Waals surface area contributed by atoms with Gasteiger partial charge in [-0.3, -0.25) is 0 Å². The van der Waals surface area contributed by atoms with E-state index in [4.69, 9.17) is 14.4 Å². The van der Waals surface area contributed by atoms with Crippen molar-refractivity contribution in [2.45, 2.75) is 0 Å². The number of fused-ring (bicyclic) bond motifs is 2. The highest BCUT2D eigenvalue weighted by Gasteiger charge is 2.23. The van der Waals surface area contributed by atoms with E-state index >= 15 is 0 Å². The Morgan fingerprint density at radius 3 is 1.69 bits per heavy atom. The zero-order valence-corrected chi connectivity index (χ0v) is 25.7. The van der Waals surface area contributed by atoms with Crippen LogP contribution in [0.2, 0.25) is 0 Å². The summed E-state index contributed by atoms with van der Waals surface area (Å²) in [5.41, 5.74) is 10.8. The first-order chi connectivity index (χ1) is 23.8. The predicted octanol–water partition coefficient (Wildman–Crippen LogP) is 11.7. The number of aromatic nitrogens is 3. The third-order valence-corrected chi connectivity index (χ3v) is 9.94. The lowest BCUT2D eigenvalue weighted by Crippen LogP contribution is -1.98. The quantitative estimate of drug-likeness (QED) is 0.200. The molecule has 8 aromatic carbocycles. The van der Waals surface area contributed by atoms with Crippen LogP contribution in [0, 0.1) is 0 Å². The highest BCUT2D eigenvalue weighted by atomic mass is 16.3. The van der Waals surface area contributed by atoms with E-state index in [0.29, 0.717) is 0 Å². The van der Waals surface area contributed by atoms with E-state index < -0.39 is 0 Å². The van der Waals surface area contributed by atoms with Crippen molar-refractivity contribution in [2.24, 2.45) is 0 Å². The van der Waals surface area contributed by atoms with Gasteiger partial charge in [-0.1, -0.05) is 109 Å². The molecule has 0 bridgehead atoms. The summed E-state index contributed by atoms with van der Waals surface area (Å²) in [6.45, 7) is 0. The molecular weight excluding hydrogens is 587 g/mol. The smallest absolute Gasteiger partial charge is 0.135 e. The lowest BCUT2D eigenvalue weighted by atomic mass is 9.97. The van der Waals surface area contributed by atoms with Gasteiger partial charge in [0.05, 0.1) is 39.1 Å². The summed E-state index contributed by atoms with van der Waals surface area (Å²) in [6, 6.07) is 53.4. The molecule has 4 nitrogen and oxygen atoms in total. The highest BCUT2D eigenvalue weighted by Crippen LogP contribution is 2.46. The van der Waals surface area contributed by atoms with Crippen molar-refractivity contribution in [1.29, 1.82) is 0 Å². The Labute approximate surface area is 274 Å². The largest absolute Gasteiger partial charge is 0.456 e. The van der Waals surface area contributed by atoms with Crippen molar-refractivity contribution in [2.75, 3.05) is 0 Å². The Kier molecular flexibility index (Phi) is 5.08. The summed E-state index contributed by atoms with van der Waals surface area (Å²) < 4.78 is 9.09. The van der Waals surface area contributed by atoms with Crippen molar-refractivity contribution >= 4 is 76.3 Å². The second-order valence-corrected chi connectivity index (χ2v) is 12.5. The molecule has 0 N–H and O–H groups in total. The second-order valence-electron chi connectivity index (χ2n) is 12.5. The number of hydrogen-bond acceptors (Lipinski definition) is 3. The maximum atomic E-state index is 6.65. The molecule has 0 saturated carbocycles. The maximum Gasteiger partial charge on any atom is 0.135 e. The molecule has 3 heterocycles. The third kappa shape index (κ3) is 3.43. The first-order valence-electron chi connectivity index (χ1n) is 16.3. The van der Waals surface area contributed by atoms with Gasteiger partial charge in [0.2, 0.25) is 0 Å². The average Bonchev–Trinajstić information content (AvgIpc) is 3.40. The average molecular weight is 612 g/mol. The molecule has 0 fully saturated rings. The fraction of sp³-hybridized carbons (Fsp3) is 0. The summed E-state index contributed by atoms with van der Waals surface area (Å²) >= 11 is 0. The molecule has 11 rings (SSSR count). The van der Waals surface area contributed by atoms with Crippen molar-refractivity contribution in [3.63, 3.8) is 0 Å². The van der Waals surface area contributed by atoms with Crippen molar-refractivity contribution in [3.8, 4) is 28.2 Å². The summed E-state index contributed by atoms with van der Waals surface area (Å²) in [4.78, 5) is 10.4. The minimum atomic E-state index is 0.877. The molecule has 3 aromatic heterocycles. The molecule has 11 aromatic rings. The van der Waals surface area contributed by atoms with E-state index in [0.717, 1.165) is 83.0 Å². The van der Waals surface area contributed by atoms with Crippen LogP contribution in [0.25, 0.3) is 105 Å².